The van der Waals surface area contributed by atoms with Gasteiger partial charge in [-0.05, 0) is 40.2 Å². The van der Waals surface area contributed by atoms with Crippen molar-refractivity contribution in [1.29, 1.82) is 0 Å². The fourth-order valence-corrected chi connectivity index (χ4v) is 2.00. The number of halogens is 2. The second-order valence-corrected chi connectivity index (χ2v) is 5.12. The predicted molar refractivity (Wildman–Crippen MR) is 80.2 cm³/mol. The zero-order valence-electron chi connectivity index (χ0n) is 9.97. The number of carbonyl (C=O) groups excluding carboxylic acids is 1. The number of nitro groups is 1. The van der Waals surface area contributed by atoms with E-state index in [2.05, 4.69) is 21.2 Å². The van der Waals surface area contributed by atoms with Gasteiger partial charge in [0.05, 0.1) is 9.95 Å². The molecule has 0 unspecified atom stereocenters. The number of para-hydroxylation sites is 2. The van der Waals surface area contributed by atoms with Crippen LogP contribution in [0.1, 0.15) is 10.4 Å². The lowest BCUT2D eigenvalue weighted by atomic mass is 10.2. The van der Waals surface area contributed by atoms with Crippen LogP contribution in [0.3, 0.4) is 0 Å². The van der Waals surface area contributed by atoms with Crippen LogP contribution in [-0.2, 0) is 0 Å². The van der Waals surface area contributed by atoms with Crippen molar-refractivity contribution in [2.24, 2.45) is 0 Å². The summed E-state index contributed by atoms with van der Waals surface area (Å²) in [5.41, 5.74) is 0.293. The third-order valence-corrected chi connectivity index (χ3v) is 3.76. The number of benzene rings is 2. The largest absolute Gasteiger partial charge is 0.316 e. The Morgan fingerprint density at radius 3 is 2.60 bits per heavy atom. The molecule has 5 nitrogen and oxygen atoms in total. The molecule has 0 heterocycles. The predicted octanol–water partition coefficient (Wildman–Crippen LogP) is 4.26. The van der Waals surface area contributed by atoms with Crippen LogP contribution in [0.15, 0.2) is 46.9 Å². The first kappa shape index (κ1) is 14.5. The van der Waals surface area contributed by atoms with E-state index in [1.165, 1.54) is 24.3 Å². The Kier molecular flexibility index (Phi) is 4.36. The van der Waals surface area contributed by atoms with Crippen molar-refractivity contribution < 1.29 is 9.72 Å². The van der Waals surface area contributed by atoms with Gasteiger partial charge in [0, 0.05) is 16.1 Å². The monoisotopic (exact) mass is 354 g/mol. The minimum Gasteiger partial charge on any atom is -0.316 e. The summed E-state index contributed by atoms with van der Waals surface area (Å²) in [6, 6.07) is 10.6. The van der Waals surface area contributed by atoms with E-state index in [-0.39, 0.29) is 11.4 Å². The molecule has 20 heavy (non-hydrogen) atoms. The van der Waals surface area contributed by atoms with Crippen molar-refractivity contribution in [1.82, 2.24) is 0 Å². The van der Waals surface area contributed by atoms with Gasteiger partial charge in [-0.25, -0.2) is 0 Å². The molecule has 0 atom stereocenters. The van der Waals surface area contributed by atoms with Crippen LogP contribution in [0.25, 0.3) is 0 Å². The molecule has 102 valence electrons. The second-order valence-electron chi connectivity index (χ2n) is 3.86. The number of nitro benzene ring substituents is 1. The molecule has 0 saturated carbocycles. The smallest absolute Gasteiger partial charge is 0.292 e. The SMILES string of the molecule is O=C(Nc1ccccc1[N+](=O)[O-])c1ccc(Br)c(Cl)c1. The highest BCUT2D eigenvalue weighted by Crippen LogP contribution is 2.26. The van der Waals surface area contributed by atoms with Gasteiger partial charge < -0.3 is 5.32 Å². The molecule has 2 aromatic carbocycles. The standard InChI is InChI=1S/C13H8BrClN2O3/c14-9-6-5-8(7-10(9)15)13(18)16-11-3-1-2-4-12(11)17(19)20/h1-7H,(H,16,18). The molecule has 0 bridgehead atoms. The van der Waals surface area contributed by atoms with Gasteiger partial charge in [-0.2, -0.15) is 0 Å². The Labute approximate surface area is 127 Å². The van der Waals surface area contributed by atoms with Crippen LogP contribution in [0.5, 0.6) is 0 Å². The number of amides is 1. The molecule has 2 aromatic rings. The summed E-state index contributed by atoms with van der Waals surface area (Å²) in [7, 11) is 0. The van der Waals surface area contributed by atoms with Gasteiger partial charge in [0.1, 0.15) is 5.69 Å². The van der Waals surface area contributed by atoms with E-state index in [4.69, 9.17) is 11.6 Å². The van der Waals surface area contributed by atoms with E-state index in [9.17, 15) is 14.9 Å². The summed E-state index contributed by atoms with van der Waals surface area (Å²) in [6.45, 7) is 0. The minimum absolute atomic E-state index is 0.140. The third-order valence-electron chi connectivity index (χ3n) is 2.53. The van der Waals surface area contributed by atoms with E-state index in [1.54, 1.807) is 18.2 Å². The van der Waals surface area contributed by atoms with E-state index >= 15 is 0 Å². The summed E-state index contributed by atoms with van der Waals surface area (Å²) in [5.74, 6) is -0.464. The van der Waals surface area contributed by atoms with Gasteiger partial charge in [-0.3, -0.25) is 14.9 Å². The Morgan fingerprint density at radius 1 is 1.25 bits per heavy atom. The molecule has 0 radical (unpaired) electrons. The van der Waals surface area contributed by atoms with Crippen LogP contribution in [-0.4, -0.2) is 10.8 Å². The van der Waals surface area contributed by atoms with Crippen LogP contribution < -0.4 is 5.32 Å². The van der Waals surface area contributed by atoms with Crippen molar-refractivity contribution in [3.8, 4) is 0 Å². The summed E-state index contributed by atoms with van der Waals surface area (Å²) >= 11 is 9.13. The average Bonchev–Trinajstić information content (AvgIpc) is 2.42. The Balaban J connectivity index is 2.28. The maximum atomic E-state index is 12.0. The Morgan fingerprint density at radius 2 is 1.95 bits per heavy atom. The van der Waals surface area contributed by atoms with Crippen molar-refractivity contribution in [3.63, 3.8) is 0 Å². The number of nitrogens with zero attached hydrogens (tertiary/aromatic N) is 1. The third kappa shape index (κ3) is 3.15. The van der Waals surface area contributed by atoms with Crippen LogP contribution in [0.2, 0.25) is 5.02 Å². The van der Waals surface area contributed by atoms with E-state index in [1.807, 2.05) is 0 Å². The molecule has 0 spiro atoms. The van der Waals surface area contributed by atoms with Gasteiger partial charge in [-0.1, -0.05) is 23.7 Å². The molecule has 0 saturated heterocycles. The lowest BCUT2D eigenvalue weighted by Crippen LogP contribution is -2.13. The zero-order chi connectivity index (χ0) is 14.7. The van der Waals surface area contributed by atoms with Gasteiger partial charge >= 0.3 is 0 Å². The normalized spacial score (nSPS) is 10.1. The lowest BCUT2D eigenvalue weighted by Gasteiger charge is -2.06. The highest BCUT2D eigenvalue weighted by atomic mass is 79.9. The van der Waals surface area contributed by atoms with Crippen LogP contribution in [0.4, 0.5) is 11.4 Å². The first-order chi connectivity index (χ1) is 9.49. The average molecular weight is 356 g/mol. The van der Waals surface area contributed by atoms with E-state index < -0.39 is 10.8 Å². The molecular weight excluding hydrogens is 348 g/mol. The maximum absolute atomic E-state index is 12.0. The molecule has 0 aliphatic carbocycles. The molecule has 0 aliphatic heterocycles. The van der Waals surface area contributed by atoms with Gasteiger partial charge in [0.15, 0.2) is 0 Å². The first-order valence-corrected chi connectivity index (χ1v) is 6.66. The fourth-order valence-electron chi connectivity index (χ4n) is 1.57. The number of anilines is 1. The number of rotatable bonds is 3. The van der Waals surface area contributed by atoms with Crippen molar-refractivity contribution in [3.05, 3.63) is 67.6 Å². The first-order valence-electron chi connectivity index (χ1n) is 5.49. The van der Waals surface area contributed by atoms with Gasteiger partial charge in [0.25, 0.3) is 11.6 Å². The highest BCUT2D eigenvalue weighted by molar-refractivity contribution is 9.10. The Hall–Kier alpha value is -1.92. The number of carbonyl (C=O) groups is 1. The highest BCUT2D eigenvalue weighted by Gasteiger charge is 2.16. The minimum atomic E-state index is -0.551. The van der Waals surface area contributed by atoms with Crippen LogP contribution in [0, 0.1) is 10.1 Å². The Bertz CT molecular complexity index is 691. The van der Waals surface area contributed by atoms with Crippen LogP contribution >= 0.6 is 27.5 Å². The maximum Gasteiger partial charge on any atom is 0.292 e. The summed E-state index contributed by atoms with van der Waals surface area (Å²) in [6.07, 6.45) is 0. The summed E-state index contributed by atoms with van der Waals surface area (Å²) in [4.78, 5) is 22.4. The molecule has 0 aliphatic rings. The summed E-state index contributed by atoms with van der Waals surface area (Å²) < 4.78 is 0.668. The van der Waals surface area contributed by atoms with Gasteiger partial charge in [-0.15, -0.1) is 0 Å². The van der Waals surface area contributed by atoms with E-state index in [0.29, 0.717) is 15.1 Å². The van der Waals surface area contributed by atoms with Crippen molar-refractivity contribution >= 4 is 44.8 Å². The molecule has 0 fully saturated rings. The molecule has 0 aromatic heterocycles. The van der Waals surface area contributed by atoms with Gasteiger partial charge in [0.2, 0.25) is 0 Å². The molecule has 2 rings (SSSR count). The molecule has 1 N–H and O–H groups in total. The quantitative estimate of drug-likeness (QED) is 0.660. The molecular formula is C13H8BrClN2O3. The number of hydrogen-bond acceptors (Lipinski definition) is 3. The summed E-state index contributed by atoms with van der Waals surface area (Å²) in [5, 5.41) is 13.8. The van der Waals surface area contributed by atoms with Crippen molar-refractivity contribution in [2.45, 2.75) is 0 Å². The molecule has 1 amide bonds. The topological polar surface area (TPSA) is 72.2 Å². The van der Waals surface area contributed by atoms with Crippen molar-refractivity contribution in [2.75, 3.05) is 5.32 Å². The molecule has 7 heteroatoms. The number of hydrogen-bond donors (Lipinski definition) is 1. The number of nitrogens with one attached hydrogen (secondary N) is 1. The second kappa shape index (κ2) is 6.02. The fraction of sp³-hybridized carbons (Fsp3) is 0. The lowest BCUT2D eigenvalue weighted by molar-refractivity contribution is -0.383. The zero-order valence-corrected chi connectivity index (χ0v) is 12.3. The van der Waals surface area contributed by atoms with E-state index in [0.717, 1.165) is 0 Å².